The summed E-state index contributed by atoms with van der Waals surface area (Å²) in [6, 6.07) is 5.59. The number of likely N-dealkylation sites (tertiary alicyclic amines) is 1. The molecule has 2 aromatic rings. The fraction of sp³-hybridized carbons (Fsp3) is 0.562. The van der Waals surface area contributed by atoms with Gasteiger partial charge >= 0.3 is 0 Å². The van der Waals surface area contributed by atoms with Crippen molar-refractivity contribution in [3.8, 4) is 0 Å². The summed E-state index contributed by atoms with van der Waals surface area (Å²) in [6.45, 7) is 3.84. The van der Waals surface area contributed by atoms with E-state index in [2.05, 4.69) is 21.5 Å². The molecule has 5 heteroatoms. The molecule has 0 radical (unpaired) electrons. The Bertz CT molecular complexity index is 638. The molecule has 0 N–H and O–H groups in total. The smallest absolute Gasteiger partial charge is 0.151 e. The van der Waals surface area contributed by atoms with Gasteiger partial charge in [0, 0.05) is 12.6 Å². The standard InChI is InChI=1S/C16H21ClFN3/c1-11(17)16-19-15-13(18)7-5-8-14(15)21(16)10-12-6-3-4-9-20(12)2/h5,7-8,11-12H,3-4,6,9-10H2,1-2H3. The van der Waals surface area contributed by atoms with Crippen LogP contribution in [0.15, 0.2) is 18.2 Å². The summed E-state index contributed by atoms with van der Waals surface area (Å²) in [7, 11) is 2.16. The molecule has 1 aliphatic rings. The molecule has 3 rings (SSSR count). The molecule has 0 amide bonds. The number of halogens is 2. The first-order valence-electron chi connectivity index (χ1n) is 7.57. The Kier molecular flexibility index (Phi) is 4.18. The molecule has 0 saturated carbocycles. The van der Waals surface area contributed by atoms with E-state index >= 15 is 0 Å². The first-order valence-corrected chi connectivity index (χ1v) is 8.00. The van der Waals surface area contributed by atoms with Gasteiger partial charge in [-0.15, -0.1) is 11.6 Å². The first kappa shape index (κ1) is 14.8. The lowest BCUT2D eigenvalue weighted by Gasteiger charge is -2.33. The Morgan fingerprint density at radius 1 is 1.43 bits per heavy atom. The van der Waals surface area contributed by atoms with Crippen LogP contribution in [0.25, 0.3) is 11.0 Å². The predicted molar refractivity (Wildman–Crippen MR) is 84.2 cm³/mol. The van der Waals surface area contributed by atoms with E-state index in [9.17, 15) is 4.39 Å². The number of likely N-dealkylation sites (N-methyl/N-ethyl adjacent to an activating group) is 1. The van der Waals surface area contributed by atoms with Crippen LogP contribution in [0, 0.1) is 5.82 Å². The number of aromatic nitrogens is 2. The molecule has 2 atom stereocenters. The van der Waals surface area contributed by atoms with Crippen LogP contribution >= 0.6 is 11.6 Å². The summed E-state index contributed by atoms with van der Waals surface area (Å²) in [5.74, 6) is 0.484. The van der Waals surface area contributed by atoms with E-state index in [1.165, 1.54) is 25.3 Å². The van der Waals surface area contributed by atoms with Crippen LogP contribution in [0.1, 0.15) is 37.4 Å². The first-order chi connectivity index (χ1) is 10.1. The maximum atomic E-state index is 14.0. The molecule has 1 aromatic heterocycles. The minimum absolute atomic E-state index is 0.231. The van der Waals surface area contributed by atoms with Gasteiger partial charge < -0.3 is 9.47 Å². The average Bonchev–Trinajstić information content (AvgIpc) is 2.82. The Hall–Kier alpha value is -1.13. The van der Waals surface area contributed by atoms with Crippen molar-refractivity contribution in [1.29, 1.82) is 0 Å². The molecule has 21 heavy (non-hydrogen) atoms. The van der Waals surface area contributed by atoms with E-state index < -0.39 is 0 Å². The summed E-state index contributed by atoms with van der Waals surface area (Å²) < 4.78 is 16.1. The second kappa shape index (κ2) is 5.93. The summed E-state index contributed by atoms with van der Waals surface area (Å²) in [4.78, 5) is 6.83. The molecule has 3 nitrogen and oxygen atoms in total. The van der Waals surface area contributed by atoms with Crippen LogP contribution in [0.2, 0.25) is 0 Å². The molecule has 0 aliphatic carbocycles. The van der Waals surface area contributed by atoms with Crippen molar-refractivity contribution in [1.82, 2.24) is 14.5 Å². The average molecular weight is 310 g/mol. The molecule has 2 unspecified atom stereocenters. The molecule has 114 valence electrons. The maximum absolute atomic E-state index is 14.0. The topological polar surface area (TPSA) is 21.1 Å². The van der Waals surface area contributed by atoms with Crippen molar-refractivity contribution in [3.05, 3.63) is 29.8 Å². The second-order valence-electron chi connectivity index (χ2n) is 5.93. The van der Waals surface area contributed by atoms with Crippen LogP contribution in [-0.4, -0.2) is 34.1 Å². The van der Waals surface area contributed by atoms with Crippen molar-refractivity contribution >= 4 is 22.6 Å². The molecule has 1 aromatic carbocycles. The van der Waals surface area contributed by atoms with Crippen LogP contribution in [0.4, 0.5) is 4.39 Å². The van der Waals surface area contributed by atoms with Crippen molar-refractivity contribution < 1.29 is 4.39 Å². The van der Waals surface area contributed by atoms with Crippen molar-refractivity contribution in [3.63, 3.8) is 0 Å². The van der Waals surface area contributed by atoms with E-state index in [0.717, 1.165) is 24.4 Å². The van der Waals surface area contributed by atoms with Gasteiger partial charge in [0.2, 0.25) is 0 Å². The van der Waals surface area contributed by atoms with Gasteiger partial charge in [-0.2, -0.15) is 0 Å². The minimum atomic E-state index is -0.276. The summed E-state index contributed by atoms with van der Waals surface area (Å²) >= 11 is 6.27. The van der Waals surface area contributed by atoms with Crippen LogP contribution in [0.3, 0.4) is 0 Å². The van der Waals surface area contributed by atoms with Crippen LogP contribution in [0.5, 0.6) is 0 Å². The van der Waals surface area contributed by atoms with E-state index in [1.54, 1.807) is 6.07 Å². The molecular weight excluding hydrogens is 289 g/mol. The van der Waals surface area contributed by atoms with Gasteiger partial charge in [0.25, 0.3) is 0 Å². The number of imidazole rings is 1. The lowest BCUT2D eigenvalue weighted by atomic mass is 10.0. The third kappa shape index (κ3) is 2.79. The number of hydrogen-bond acceptors (Lipinski definition) is 2. The second-order valence-corrected chi connectivity index (χ2v) is 6.59. The number of nitrogens with zero attached hydrogens (tertiary/aromatic N) is 3. The highest BCUT2D eigenvalue weighted by Gasteiger charge is 2.23. The van der Waals surface area contributed by atoms with Gasteiger partial charge in [-0.25, -0.2) is 9.37 Å². The highest BCUT2D eigenvalue weighted by molar-refractivity contribution is 6.20. The SMILES string of the molecule is CC(Cl)c1nc2c(F)cccc2n1CC1CCCCN1C. The monoisotopic (exact) mass is 309 g/mol. The minimum Gasteiger partial charge on any atom is -0.325 e. The van der Waals surface area contributed by atoms with Crippen LogP contribution in [-0.2, 0) is 6.54 Å². The fourth-order valence-electron chi connectivity index (χ4n) is 3.21. The highest BCUT2D eigenvalue weighted by Crippen LogP contribution is 2.28. The fourth-order valence-corrected chi connectivity index (χ4v) is 3.38. The van der Waals surface area contributed by atoms with Gasteiger partial charge in [-0.1, -0.05) is 12.5 Å². The van der Waals surface area contributed by atoms with E-state index in [1.807, 2.05) is 13.0 Å². The Labute approximate surface area is 129 Å². The van der Waals surface area contributed by atoms with Gasteiger partial charge in [0.1, 0.15) is 11.3 Å². The van der Waals surface area contributed by atoms with Crippen molar-refractivity contribution in [2.75, 3.05) is 13.6 Å². The molecule has 1 saturated heterocycles. The van der Waals surface area contributed by atoms with Gasteiger partial charge in [0.15, 0.2) is 5.82 Å². The van der Waals surface area contributed by atoms with Gasteiger partial charge in [0.05, 0.1) is 10.9 Å². The number of hydrogen-bond donors (Lipinski definition) is 0. The lowest BCUT2D eigenvalue weighted by Crippen LogP contribution is -2.39. The Balaban J connectivity index is 2.03. The number of para-hydroxylation sites is 1. The van der Waals surface area contributed by atoms with Gasteiger partial charge in [-0.3, -0.25) is 0 Å². The molecule has 2 heterocycles. The van der Waals surface area contributed by atoms with Crippen molar-refractivity contribution in [2.24, 2.45) is 0 Å². The molecular formula is C16H21ClFN3. The van der Waals surface area contributed by atoms with E-state index in [4.69, 9.17) is 11.6 Å². The largest absolute Gasteiger partial charge is 0.325 e. The summed E-state index contributed by atoms with van der Waals surface area (Å²) in [5.41, 5.74) is 1.27. The third-order valence-corrected chi connectivity index (χ3v) is 4.62. The summed E-state index contributed by atoms with van der Waals surface area (Å²) in [5, 5.41) is -0.231. The van der Waals surface area contributed by atoms with E-state index in [0.29, 0.717) is 11.6 Å². The normalized spacial score (nSPS) is 21.8. The Morgan fingerprint density at radius 2 is 2.24 bits per heavy atom. The zero-order valence-electron chi connectivity index (χ0n) is 12.5. The zero-order valence-corrected chi connectivity index (χ0v) is 13.3. The zero-order chi connectivity index (χ0) is 15.0. The van der Waals surface area contributed by atoms with E-state index in [-0.39, 0.29) is 11.2 Å². The summed E-state index contributed by atoms with van der Waals surface area (Å²) in [6.07, 6.45) is 3.68. The highest BCUT2D eigenvalue weighted by atomic mass is 35.5. The quantitative estimate of drug-likeness (QED) is 0.800. The number of alkyl halides is 1. The number of rotatable bonds is 3. The number of piperidine rings is 1. The number of fused-ring (bicyclic) bond motifs is 1. The predicted octanol–water partition coefficient (Wildman–Crippen LogP) is 3.96. The third-order valence-electron chi connectivity index (χ3n) is 4.43. The lowest BCUT2D eigenvalue weighted by molar-refractivity contribution is 0.167. The molecule has 1 aliphatic heterocycles. The molecule has 1 fully saturated rings. The number of benzene rings is 1. The maximum Gasteiger partial charge on any atom is 0.151 e. The molecule has 0 bridgehead atoms. The van der Waals surface area contributed by atoms with Crippen molar-refractivity contribution in [2.45, 2.75) is 44.1 Å². The van der Waals surface area contributed by atoms with Crippen LogP contribution < -0.4 is 0 Å². The van der Waals surface area contributed by atoms with Gasteiger partial charge in [-0.05, 0) is 45.5 Å². The Morgan fingerprint density at radius 3 is 2.95 bits per heavy atom. The molecule has 0 spiro atoms.